The SMILES string of the molecule is COc1ccc(NC(=S)NC2(c3ccco3)CCCC2)cc1Cl. The number of ether oxygens (including phenoxy) is 1. The van der Waals surface area contributed by atoms with Crippen molar-refractivity contribution in [3.8, 4) is 5.75 Å². The minimum atomic E-state index is -0.218. The third kappa shape index (κ3) is 3.46. The molecule has 6 heteroatoms. The maximum absolute atomic E-state index is 6.15. The summed E-state index contributed by atoms with van der Waals surface area (Å²) in [4.78, 5) is 0. The van der Waals surface area contributed by atoms with Crippen molar-refractivity contribution in [1.29, 1.82) is 0 Å². The van der Waals surface area contributed by atoms with E-state index in [0.717, 1.165) is 37.1 Å². The van der Waals surface area contributed by atoms with E-state index in [1.807, 2.05) is 24.3 Å². The molecule has 0 unspecified atom stereocenters. The van der Waals surface area contributed by atoms with Crippen molar-refractivity contribution < 1.29 is 9.15 Å². The third-order valence-corrected chi connectivity index (χ3v) is 4.71. The number of rotatable bonds is 4. The van der Waals surface area contributed by atoms with E-state index in [-0.39, 0.29) is 5.54 Å². The van der Waals surface area contributed by atoms with Crippen LogP contribution in [0.4, 0.5) is 5.69 Å². The molecule has 4 nitrogen and oxygen atoms in total. The largest absolute Gasteiger partial charge is 0.495 e. The predicted molar refractivity (Wildman–Crippen MR) is 96.2 cm³/mol. The molecule has 2 N–H and O–H groups in total. The molecule has 1 aromatic heterocycles. The highest BCUT2D eigenvalue weighted by atomic mass is 35.5. The Kier molecular flexibility index (Phi) is 4.78. The van der Waals surface area contributed by atoms with Crippen LogP contribution in [0.5, 0.6) is 5.75 Å². The van der Waals surface area contributed by atoms with Gasteiger partial charge in [0.1, 0.15) is 11.5 Å². The molecule has 1 heterocycles. The van der Waals surface area contributed by atoms with Crippen molar-refractivity contribution in [3.63, 3.8) is 0 Å². The summed E-state index contributed by atoms with van der Waals surface area (Å²) in [5.74, 6) is 1.57. The lowest BCUT2D eigenvalue weighted by Crippen LogP contribution is -2.45. The predicted octanol–water partition coefficient (Wildman–Crippen LogP) is 4.70. The van der Waals surface area contributed by atoms with E-state index in [1.165, 1.54) is 0 Å². The molecule has 0 amide bonds. The average molecular weight is 351 g/mol. The van der Waals surface area contributed by atoms with Gasteiger partial charge in [0.25, 0.3) is 0 Å². The number of furan rings is 1. The molecule has 0 radical (unpaired) electrons. The van der Waals surface area contributed by atoms with Gasteiger partial charge in [0.15, 0.2) is 5.11 Å². The maximum Gasteiger partial charge on any atom is 0.171 e. The molecule has 0 bridgehead atoms. The Bertz CT molecular complexity index is 682. The monoisotopic (exact) mass is 350 g/mol. The highest BCUT2D eigenvalue weighted by Gasteiger charge is 2.38. The zero-order valence-corrected chi connectivity index (χ0v) is 14.5. The minimum Gasteiger partial charge on any atom is -0.495 e. The van der Waals surface area contributed by atoms with E-state index in [0.29, 0.717) is 15.9 Å². The molecule has 1 aromatic carbocycles. The molecule has 0 aliphatic heterocycles. The molecule has 1 fully saturated rings. The fourth-order valence-electron chi connectivity index (χ4n) is 3.09. The summed E-state index contributed by atoms with van der Waals surface area (Å²) in [5, 5.41) is 7.73. The van der Waals surface area contributed by atoms with Gasteiger partial charge in [0.05, 0.1) is 23.9 Å². The molecule has 0 atom stereocenters. The van der Waals surface area contributed by atoms with Crippen LogP contribution in [0.3, 0.4) is 0 Å². The Morgan fingerprint density at radius 2 is 2.09 bits per heavy atom. The zero-order valence-electron chi connectivity index (χ0n) is 12.9. The highest BCUT2D eigenvalue weighted by Crippen LogP contribution is 2.39. The fourth-order valence-corrected chi connectivity index (χ4v) is 3.66. The molecule has 122 valence electrons. The lowest BCUT2D eigenvalue weighted by atomic mass is 9.94. The van der Waals surface area contributed by atoms with Crippen LogP contribution in [0.25, 0.3) is 0 Å². The summed E-state index contributed by atoms with van der Waals surface area (Å²) in [6.45, 7) is 0. The van der Waals surface area contributed by atoms with Gasteiger partial charge < -0.3 is 19.8 Å². The maximum atomic E-state index is 6.15. The van der Waals surface area contributed by atoms with Crippen LogP contribution in [-0.4, -0.2) is 12.2 Å². The van der Waals surface area contributed by atoms with Gasteiger partial charge in [-0.2, -0.15) is 0 Å². The Balaban J connectivity index is 1.72. The van der Waals surface area contributed by atoms with E-state index in [4.69, 9.17) is 33.0 Å². The van der Waals surface area contributed by atoms with Gasteiger partial charge in [-0.1, -0.05) is 24.4 Å². The molecule has 1 aliphatic rings. The molecule has 1 aliphatic carbocycles. The third-order valence-electron chi connectivity index (χ3n) is 4.21. The number of methoxy groups -OCH3 is 1. The molecular weight excluding hydrogens is 332 g/mol. The van der Waals surface area contributed by atoms with Gasteiger partial charge >= 0.3 is 0 Å². The minimum absolute atomic E-state index is 0.218. The molecule has 2 aromatic rings. The van der Waals surface area contributed by atoms with Crippen LogP contribution in [0.1, 0.15) is 31.4 Å². The Hall–Kier alpha value is -1.72. The van der Waals surface area contributed by atoms with Crippen LogP contribution in [0.15, 0.2) is 41.0 Å². The van der Waals surface area contributed by atoms with Crippen molar-refractivity contribution in [2.75, 3.05) is 12.4 Å². The lowest BCUT2D eigenvalue weighted by molar-refractivity contribution is 0.317. The topological polar surface area (TPSA) is 46.4 Å². The molecule has 1 saturated carbocycles. The summed E-state index contributed by atoms with van der Waals surface area (Å²) >= 11 is 11.6. The first kappa shape index (κ1) is 16.1. The average Bonchev–Trinajstić information content (AvgIpc) is 3.19. The molecule has 23 heavy (non-hydrogen) atoms. The van der Waals surface area contributed by atoms with Gasteiger partial charge in [-0.3, -0.25) is 0 Å². The van der Waals surface area contributed by atoms with Gasteiger partial charge in [-0.15, -0.1) is 0 Å². The van der Waals surface area contributed by atoms with Crippen molar-refractivity contribution in [2.45, 2.75) is 31.2 Å². The first-order valence-electron chi connectivity index (χ1n) is 7.60. The van der Waals surface area contributed by atoms with Crippen LogP contribution in [-0.2, 0) is 5.54 Å². The number of thiocarbonyl (C=S) groups is 1. The highest BCUT2D eigenvalue weighted by molar-refractivity contribution is 7.80. The van der Waals surface area contributed by atoms with Gasteiger partial charge in [-0.25, -0.2) is 0 Å². The van der Waals surface area contributed by atoms with Crippen molar-refractivity contribution in [2.24, 2.45) is 0 Å². The standard InChI is InChI=1S/C17H19ClN2O2S/c1-21-14-7-6-12(11-13(14)18)19-16(23)20-17(8-2-3-9-17)15-5-4-10-22-15/h4-7,10-11H,2-3,8-9H2,1H3,(H2,19,20,23). The van der Waals surface area contributed by atoms with Gasteiger partial charge in [0.2, 0.25) is 0 Å². The van der Waals surface area contributed by atoms with Crippen molar-refractivity contribution in [3.05, 3.63) is 47.4 Å². The lowest BCUT2D eigenvalue weighted by Gasteiger charge is -2.29. The number of halogens is 1. The Morgan fingerprint density at radius 1 is 1.30 bits per heavy atom. The first-order chi connectivity index (χ1) is 11.1. The van der Waals surface area contributed by atoms with E-state index in [9.17, 15) is 0 Å². The van der Waals surface area contributed by atoms with E-state index in [1.54, 1.807) is 19.4 Å². The Morgan fingerprint density at radius 3 is 2.70 bits per heavy atom. The number of hydrogen-bond donors (Lipinski definition) is 2. The zero-order chi connectivity index (χ0) is 16.3. The number of nitrogens with one attached hydrogen (secondary N) is 2. The van der Waals surface area contributed by atoms with Crippen molar-refractivity contribution >= 4 is 34.6 Å². The summed E-state index contributed by atoms with van der Waals surface area (Å²) in [6, 6.07) is 9.41. The Labute approximate surface area is 146 Å². The van der Waals surface area contributed by atoms with Gasteiger partial charge in [0, 0.05) is 5.69 Å². The van der Waals surface area contributed by atoms with Crippen LogP contribution >= 0.6 is 23.8 Å². The summed E-state index contributed by atoms with van der Waals surface area (Å²) in [6.07, 6.45) is 6.03. The van der Waals surface area contributed by atoms with E-state index in [2.05, 4.69) is 10.6 Å². The van der Waals surface area contributed by atoms with Crippen molar-refractivity contribution in [1.82, 2.24) is 5.32 Å². The van der Waals surface area contributed by atoms with E-state index >= 15 is 0 Å². The smallest absolute Gasteiger partial charge is 0.171 e. The van der Waals surface area contributed by atoms with Crippen LogP contribution < -0.4 is 15.4 Å². The fraction of sp³-hybridized carbons (Fsp3) is 0.353. The normalized spacial score (nSPS) is 16.1. The quantitative estimate of drug-likeness (QED) is 0.783. The van der Waals surface area contributed by atoms with Crippen LogP contribution in [0, 0.1) is 0 Å². The molecule has 0 spiro atoms. The second-order valence-corrected chi connectivity index (χ2v) is 6.51. The first-order valence-corrected chi connectivity index (χ1v) is 8.38. The molecule has 0 saturated heterocycles. The van der Waals surface area contributed by atoms with Crippen LogP contribution in [0.2, 0.25) is 5.02 Å². The summed E-state index contributed by atoms with van der Waals surface area (Å²) in [5.41, 5.74) is 0.602. The number of benzene rings is 1. The number of anilines is 1. The molecular formula is C17H19ClN2O2S. The van der Waals surface area contributed by atoms with Gasteiger partial charge in [-0.05, 0) is 55.4 Å². The second-order valence-electron chi connectivity index (χ2n) is 5.69. The van der Waals surface area contributed by atoms with E-state index < -0.39 is 0 Å². The summed E-state index contributed by atoms with van der Waals surface area (Å²) < 4.78 is 10.8. The number of hydrogen-bond acceptors (Lipinski definition) is 3. The molecule has 3 rings (SSSR count). The second kappa shape index (κ2) is 6.81. The summed E-state index contributed by atoms with van der Waals surface area (Å²) in [7, 11) is 1.59.